The van der Waals surface area contributed by atoms with Crippen molar-refractivity contribution in [1.82, 2.24) is 4.31 Å². The number of benzene rings is 2. The summed E-state index contributed by atoms with van der Waals surface area (Å²) >= 11 is 0. The Kier molecular flexibility index (Phi) is 5.66. The summed E-state index contributed by atoms with van der Waals surface area (Å²) in [6.07, 6.45) is -4.23. The Bertz CT molecular complexity index is 774. The average Bonchev–Trinajstić information content (AvgIpc) is 2.54. The highest BCUT2D eigenvalue weighted by Gasteiger charge is 2.38. The second kappa shape index (κ2) is 7.36. The molecule has 2 rings (SSSR count). The molecule has 0 aliphatic rings. The third-order valence-corrected chi connectivity index (χ3v) is 5.39. The smallest absolute Gasteiger partial charge is 0.207 e. The summed E-state index contributed by atoms with van der Waals surface area (Å²) in [6, 6.07) is 13.1. The minimum Gasteiger partial charge on any atom is -0.207 e. The maximum atomic E-state index is 13.2. The van der Waals surface area contributed by atoms with Crippen LogP contribution in [0.1, 0.15) is 24.5 Å². The lowest BCUT2D eigenvalue weighted by Crippen LogP contribution is -2.32. The molecule has 0 aromatic heterocycles. The van der Waals surface area contributed by atoms with Gasteiger partial charge in [-0.1, -0.05) is 49.4 Å². The number of hydrogen-bond donors (Lipinski definition) is 0. The van der Waals surface area contributed by atoms with Crippen LogP contribution in [0.3, 0.4) is 0 Å². The number of rotatable bonds is 6. The molecule has 0 spiro atoms. The van der Waals surface area contributed by atoms with Crippen molar-refractivity contribution in [2.24, 2.45) is 0 Å². The van der Waals surface area contributed by atoms with E-state index in [1.54, 1.807) is 37.3 Å². The third-order valence-electron chi connectivity index (χ3n) is 3.49. The first-order valence-corrected chi connectivity index (χ1v) is 8.91. The second-order valence-electron chi connectivity index (χ2n) is 5.32. The highest BCUT2D eigenvalue weighted by molar-refractivity contribution is 7.89. The molecule has 3 nitrogen and oxygen atoms in total. The van der Waals surface area contributed by atoms with Gasteiger partial charge in [-0.15, -0.1) is 0 Å². The molecule has 130 valence electrons. The summed E-state index contributed by atoms with van der Waals surface area (Å²) in [5, 5.41) is 0. The molecule has 0 aliphatic carbocycles. The van der Waals surface area contributed by atoms with Gasteiger partial charge in [-0.05, 0) is 24.1 Å². The van der Waals surface area contributed by atoms with Crippen molar-refractivity contribution in [2.75, 3.05) is 6.54 Å². The van der Waals surface area contributed by atoms with Gasteiger partial charge in [0.1, 0.15) is 0 Å². The number of halogens is 3. The van der Waals surface area contributed by atoms with Crippen LogP contribution in [-0.2, 0) is 22.7 Å². The topological polar surface area (TPSA) is 37.4 Å². The lowest BCUT2D eigenvalue weighted by molar-refractivity contribution is -0.139. The maximum absolute atomic E-state index is 13.2. The molecule has 7 heteroatoms. The molecule has 0 amide bonds. The van der Waals surface area contributed by atoms with E-state index in [2.05, 4.69) is 0 Å². The monoisotopic (exact) mass is 357 g/mol. The SMILES string of the molecule is CCCN(Cc1ccccc1)S(=O)(=O)c1ccccc1C(F)(F)F. The molecule has 0 saturated carbocycles. The summed E-state index contributed by atoms with van der Waals surface area (Å²) in [4.78, 5) is -0.707. The van der Waals surface area contributed by atoms with Crippen LogP contribution < -0.4 is 0 Å². The molecule has 2 aromatic carbocycles. The predicted octanol–water partition coefficient (Wildman–Crippen LogP) is 4.31. The van der Waals surface area contributed by atoms with Crippen LogP contribution >= 0.6 is 0 Å². The first kappa shape index (κ1) is 18.5. The van der Waals surface area contributed by atoms with Crippen molar-refractivity contribution in [3.8, 4) is 0 Å². The van der Waals surface area contributed by atoms with Gasteiger partial charge >= 0.3 is 6.18 Å². The van der Waals surface area contributed by atoms with Gasteiger partial charge in [-0.25, -0.2) is 8.42 Å². The Morgan fingerprint density at radius 2 is 1.54 bits per heavy atom. The van der Waals surface area contributed by atoms with Crippen molar-refractivity contribution in [3.63, 3.8) is 0 Å². The Morgan fingerprint density at radius 1 is 0.958 bits per heavy atom. The lowest BCUT2D eigenvalue weighted by atomic mass is 10.2. The van der Waals surface area contributed by atoms with Gasteiger partial charge in [0.15, 0.2) is 0 Å². The Balaban J connectivity index is 2.46. The molecule has 0 unspecified atom stereocenters. The van der Waals surface area contributed by atoms with Gasteiger partial charge in [0.05, 0.1) is 10.5 Å². The van der Waals surface area contributed by atoms with Crippen molar-refractivity contribution < 1.29 is 21.6 Å². The minimum absolute atomic E-state index is 0.0310. The van der Waals surface area contributed by atoms with Gasteiger partial charge in [-0.3, -0.25) is 0 Å². The van der Waals surface area contributed by atoms with Gasteiger partial charge in [-0.2, -0.15) is 17.5 Å². The van der Waals surface area contributed by atoms with E-state index in [0.717, 1.165) is 22.0 Å². The van der Waals surface area contributed by atoms with E-state index in [-0.39, 0.29) is 13.1 Å². The quantitative estimate of drug-likeness (QED) is 0.773. The van der Waals surface area contributed by atoms with Gasteiger partial charge in [0.25, 0.3) is 0 Å². The van der Waals surface area contributed by atoms with E-state index in [4.69, 9.17) is 0 Å². The van der Waals surface area contributed by atoms with Gasteiger partial charge < -0.3 is 0 Å². The molecule has 0 aliphatic heterocycles. The molecule has 0 saturated heterocycles. The Hall–Kier alpha value is -1.86. The Labute approximate surface area is 139 Å². The molecule has 0 bridgehead atoms. The number of sulfonamides is 1. The number of nitrogens with zero attached hydrogens (tertiary/aromatic N) is 1. The first-order chi connectivity index (χ1) is 11.3. The second-order valence-corrected chi connectivity index (χ2v) is 7.22. The van der Waals surface area contributed by atoms with Crippen LogP contribution in [0.2, 0.25) is 0 Å². The van der Waals surface area contributed by atoms with E-state index in [0.29, 0.717) is 6.42 Å². The van der Waals surface area contributed by atoms with Crippen molar-refractivity contribution >= 4 is 10.0 Å². The van der Waals surface area contributed by atoms with Crippen LogP contribution in [0.25, 0.3) is 0 Å². The van der Waals surface area contributed by atoms with E-state index >= 15 is 0 Å². The predicted molar refractivity (Wildman–Crippen MR) is 85.8 cm³/mol. The zero-order valence-corrected chi connectivity index (χ0v) is 13.9. The maximum Gasteiger partial charge on any atom is 0.417 e. The van der Waals surface area contributed by atoms with Crippen molar-refractivity contribution in [2.45, 2.75) is 31.0 Å². The summed E-state index contributed by atoms with van der Waals surface area (Å²) in [5.74, 6) is 0. The molecule has 24 heavy (non-hydrogen) atoms. The van der Waals surface area contributed by atoms with Crippen LogP contribution in [-0.4, -0.2) is 19.3 Å². The van der Waals surface area contributed by atoms with E-state index in [1.165, 1.54) is 12.1 Å². The molecular formula is C17H18F3NO2S. The lowest BCUT2D eigenvalue weighted by Gasteiger charge is -2.23. The van der Waals surface area contributed by atoms with Gasteiger partial charge in [0.2, 0.25) is 10.0 Å². The van der Waals surface area contributed by atoms with Crippen LogP contribution in [0.4, 0.5) is 13.2 Å². The molecule has 0 atom stereocenters. The van der Waals surface area contributed by atoms with E-state index in [9.17, 15) is 21.6 Å². The molecule has 0 radical (unpaired) electrons. The van der Waals surface area contributed by atoms with Crippen LogP contribution in [0, 0.1) is 0 Å². The van der Waals surface area contributed by atoms with Crippen LogP contribution in [0.5, 0.6) is 0 Å². The normalized spacial score (nSPS) is 12.5. The van der Waals surface area contributed by atoms with E-state index in [1.807, 2.05) is 0 Å². The fourth-order valence-electron chi connectivity index (χ4n) is 2.39. The fourth-order valence-corrected chi connectivity index (χ4v) is 4.12. The summed E-state index contributed by atoms with van der Waals surface area (Å²) < 4.78 is 66.2. The van der Waals surface area contributed by atoms with Crippen LogP contribution in [0.15, 0.2) is 59.5 Å². The minimum atomic E-state index is -4.73. The zero-order chi connectivity index (χ0) is 17.8. The first-order valence-electron chi connectivity index (χ1n) is 7.47. The summed E-state index contributed by atoms with van der Waals surface area (Å²) in [6.45, 7) is 1.95. The van der Waals surface area contributed by atoms with Gasteiger partial charge in [0, 0.05) is 13.1 Å². The molecule has 0 heterocycles. The van der Waals surface area contributed by atoms with Crippen molar-refractivity contribution in [1.29, 1.82) is 0 Å². The van der Waals surface area contributed by atoms with E-state index < -0.39 is 26.7 Å². The third kappa shape index (κ3) is 4.15. The number of alkyl halides is 3. The highest BCUT2D eigenvalue weighted by atomic mass is 32.2. The number of hydrogen-bond acceptors (Lipinski definition) is 2. The summed E-state index contributed by atoms with van der Waals surface area (Å²) in [7, 11) is -4.26. The van der Waals surface area contributed by atoms with Crippen molar-refractivity contribution in [3.05, 3.63) is 65.7 Å². The molecule has 2 aromatic rings. The molecule has 0 N–H and O–H groups in total. The molecule has 0 fully saturated rings. The average molecular weight is 357 g/mol. The highest BCUT2D eigenvalue weighted by Crippen LogP contribution is 2.35. The summed E-state index contributed by atoms with van der Waals surface area (Å²) in [5.41, 5.74) is -0.418. The zero-order valence-electron chi connectivity index (χ0n) is 13.1. The largest absolute Gasteiger partial charge is 0.417 e. The standard InChI is InChI=1S/C17H18F3NO2S/c1-2-12-21(13-14-8-4-3-5-9-14)24(22,23)16-11-7-6-10-15(16)17(18,19)20/h3-11H,2,12-13H2,1H3. The molecular weight excluding hydrogens is 339 g/mol. The Morgan fingerprint density at radius 3 is 2.12 bits per heavy atom. The fraction of sp³-hybridized carbons (Fsp3) is 0.294.